The summed E-state index contributed by atoms with van der Waals surface area (Å²) in [4.78, 5) is 28.0. The third-order valence-electron chi connectivity index (χ3n) is 5.48. The van der Waals surface area contributed by atoms with Gasteiger partial charge in [-0.1, -0.05) is 13.8 Å². The summed E-state index contributed by atoms with van der Waals surface area (Å²) in [6.45, 7) is 5.76. The maximum atomic E-state index is 13.3. The van der Waals surface area contributed by atoms with Gasteiger partial charge in [0.05, 0.1) is 7.11 Å². The first-order chi connectivity index (χ1) is 12.5. The first kappa shape index (κ1) is 18.7. The van der Waals surface area contributed by atoms with Crippen molar-refractivity contribution in [1.82, 2.24) is 15.5 Å². The lowest BCUT2D eigenvalue weighted by Gasteiger charge is -2.33. The van der Waals surface area contributed by atoms with Crippen LogP contribution in [0.25, 0.3) is 0 Å². The summed E-state index contributed by atoms with van der Waals surface area (Å²) in [6, 6.07) is 6.97. The summed E-state index contributed by atoms with van der Waals surface area (Å²) in [5.74, 6) is 0.560. The van der Waals surface area contributed by atoms with Gasteiger partial charge in [-0.15, -0.1) is 0 Å². The zero-order valence-corrected chi connectivity index (χ0v) is 15.8. The Morgan fingerprint density at radius 3 is 2.50 bits per heavy atom. The topological polar surface area (TPSA) is 70.7 Å². The molecule has 2 aliphatic heterocycles. The molecule has 2 N–H and O–H groups in total. The molecule has 3 rings (SSSR count). The number of hydrogen-bond donors (Lipinski definition) is 2. The highest BCUT2D eigenvalue weighted by molar-refractivity contribution is 5.97. The number of carbonyl (C=O) groups excluding carboxylic acids is 2. The molecule has 6 heteroatoms. The van der Waals surface area contributed by atoms with Crippen LogP contribution in [0, 0.1) is 5.92 Å². The van der Waals surface area contributed by atoms with Crippen molar-refractivity contribution in [2.24, 2.45) is 5.92 Å². The van der Waals surface area contributed by atoms with Crippen LogP contribution in [-0.2, 0) is 4.79 Å². The Labute approximate surface area is 155 Å². The van der Waals surface area contributed by atoms with Crippen molar-refractivity contribution in [3.05, 3.63) is 29.8 Å². The van der Waals surface area contributed by atoms with Crippen LogP contribution in [0.2, 0.25) is 0 Å². The molecule has 2 amide bonds. The van der Waals surface area contributed by atoms with Gasteiger partial charge in [0.1, 0.15) is 11.8 Å². The number of carbonyl (C=O) groups is 2. The Morgan fingerprint density at radius 2 is 1.85 bits per heavy atom. The molecule has 2 aliphatic rings. The Kier molecular flexibility index (Phi) is 5.81. The molecule has 6 nitrogen and oxygen atoms in total. The minimum absolute atomic E-state index is 0.0281. The van der Waals surface area contributed by atoms with Crippen molar-refractivity contribution in [3.8, 4) is 5.75 Å². The molecular formula is C20H29N3O3. The van der Waals surface area contributed by atoms with Gasteiger partial charge in [-0.25, -0.2) is 0 Å². The first-order valence-corrected chi connectivity index (χ1v) is 9.49. The number of hydrogen-bond acceptors (Lipinski definition) is 4. The predicted molar refractivity (Wildman–Crippen MR) is 100 cm³/mol. The fraction of sp³-hybridized carbons (Fsp3) is 0.600. The first-order valence-electron chi connectivity index (χ1n) is 9.49. The SMILES string of the molecule is COc1ccc(C(=O)NC(C(=O)N2C3CCNCC2CC3)C(C)C)cc1. The monoisotopic (exact) mass is 359 g/mol. The number of rotatable bonds is 5. The van der Waals surface area contributed by atoms with Gasteiger partial charge in [-0.05, 0) is 56.0 Å². The number of fused-ring (bicyclic) bond motifs is 2. The number of nitrogens with zero attached hydrogens (tertiary/aromatic N) is 1. The molecule has 3 atom stereocenters. The highest BCUT2D eigenvalue weighted by Crippen LogP contribution is 2.29. The number of methoxy groups -OCH3 is 1. The summed E-state index contributed by atoms with van der Waals surface area (Å²) in [5.41, 5.74) is 0.532. The van der Waals surface area contributed by atoms with E-state index < -0.39 is 6.04 Å². The molecule has 0 aromatic heterocycles. The number of amides is 2. The molecule has 0 spiro atoms. The molecule has 1 aromatic rings. The molecule has 2 heterocycles. The van der Waals surface area contributed by atoms with E-state index in [1.165, 1.54) is 0 Å². The van der Waals surface area contributed by atoms with Crippen molar-refractivity contribution in [1.29, 1.82) is 0 Å². The standard InChI is InChI=1S/C20H29N3O3/c1-13(2)18(22-19(24)14-4-8-17(26-3)9-5-14)20(25)23-15-6-7-16(23)12-21-11-10-15/h4-5,8-9,13,15-16,18,21H,6-7,10-12H2,1-3H3,(H,22,24). The van der Waals surface area contributed by atoms with E-state index >= 15 is 0 Å². The lowest BCUT2D eigenvalue weighted by Crippen LogP contribution is -2.55. The maximum Gasteiger partial charge on any atom is 0.251 e. The third kappa shape index (κ3) is 3.85. The highest BCUT2D eigenvalue weighted by Gasteiger charge is 2.41. The van der Waals surface area contributed by atoms with E-state index in [2.05, 4.69) is 10.6 Å². The average molecular weight is 359 g/mol. The van der Waals surface area contributed by atoms with Crippen molar-refractivity contribution in [2.45, 2.75) is 51.2 Å². The van der Waals surface area contributed by atoms with Crippen LogP contribution in [-0.4, -0.2) is 55.0 Å². The predicted octanol–water partition coefficient (Wildman–Crippen LogP) is 1.80. The second-order valence-corrected chi connectivity index (χ2v) is 7.55. The van der Waals surface area contributed by atoms with E-state index in [4.69, 9.17) is 4.74 Å². The van der Waals surface area contributed by atoms with Crippen LogP contribution < -0.4 is 15.4 Å². The summed E-state index contributed by atoms with van der Waals surface area (Å²) in [6.07, 6.45) is 3.09. The molecule has 142 valence electrons. The smallest absolute Gasteiger partial charge is 0.251 e. The van der Waals surface area contributed by atoms with Crippen LogP contribution in [0.15, 0.2) is 24.3 Å². The molecule has 0 saturated carbocycles. The molecule has 26 heavy (non-hydrogen) atoms. The van der Waals surface area contributed by atoms with Crippen molar-refractivity contribution in [2.75, 3.05) is 20.2 Å². The average Bonchev–Trinajstić information content (AvgIpc) is 2.91. The Bertz CT molecular complexity index is 630. The van der Waals surface area contributed by atoms with Crippen molar-refractivity contribution >= 4 is 11.8 Å². The normalized spacial score (nSPS) is 23.5. The van der Waals surface area contributed by atoms with Crippen LogP contribution in [0.3, 0.4) is 0 Å². The second-order valence-electron chi connectivity index (χ2n) is 7.55. The largest absolute Gasteiger partial charge is 0.497 e. The molecule has 2 saturated heterocycles. The van der Waals surface area contributed by atoms with Gasteiger partial charge in [0.2, 0.25) is 5.91 Å². The molecule has 1 aromatic carbocycles. The van der Waals surface area contributed by atoms with Gasteiger partial charge in [-0.2, -0.15) is 0 Å². The van der Waals surface area contributed by atoms with E-state index in [0.717, 1.165) is 32.4 Å². The van der Waals surface area contributed by atoms with Gasteiger partial charge in [0, 0.05) is 24.2 Å². The molecular weight excluding hydrogens is 330 g/mol. The third-order valence-corrected chi connectivity index (χ3v) is 5.48. The number of benzene rings is 1. The van der Waals surface area contributed by atoms with Gasteiger partial charge < -0.3 is 20.3 Å². The van der Waals surface area contributed by atoms with Crippen molar-refractivity contribution in [3.63, 3.8) is 0 Å². The molecule has 2 bridgehead atoms. The lowest BCUT2D eigenvalue weighted by atomic mass is 10.0. The number of ether oxygens (including phenoxy) is 1. The zero-order valence-electron chi connectivity index (χ0n) is 15.8. The molecule has 3 unspecified atom stereocenters. The Morgan fingerprint density at radius 1 is 1.15 bits per heavy atom. The minimum atomic E-state index is -0.509. The Balaban J connectivity index is 1.73. The summed E-state index contributed by atoms with van der Waals surface area (Å²) in [5, 5.41) is 6.38. The Hall–Kier alpha value is -2.08. The van der Waals surface area contributed by atoms with Gasteiger partial charge >= 0.3 is 0 Å². The van der Waals surface area contributed by atoms with Crippen LogP contribution in [0.4, 0.5) is 0 Å². The number of nitrogens with one attached hydrogen (secondary N) is 2. The van der Waals surface area contributed by atoms with Crippen molar-refractivity contribution < 1.29 is 14.3 Å². The van der Waals surface area contributed by atoms with E-state index in [-0.39, 0.29) is 23.8 Å². The van der Waals surface area contributed by atoms with Gasteiger partial charge in [0.25, 0.3) is 5.91 Å². The second kappa shape index (κ2) is 8.08. The minimum Gasteiger partial charge on any atom is -0.497 e. The summed E-state index contributed by atoms with van der Waals surface area (Å²) in [7, 11) is 1.59. The molecule has 0 radical (unpaired) electrons. The van der Waals surface area contributed by atoms with E-state index in [0.29, 0.717) is 17.4 Å². The highest BCUT2D eigenvalue weighted by atomic mass is 16.5. The summed E-state index contributed by atoms with van der Waals surface area (Å²) >= 11 is 0. The van der Waals surface area contributed by atoms with Gasteiger partial charge in [-0.3, -0.25) is 9.59 Å². The van der Waals surface area contributed by atoms with Crippen LogP contribution in [0.1, 0.15) is 43.5 Å². The summed E-state index contributed by atoms with van der Waals surface area (Å²) < 4.78 is 5.13. The molecule has 0 aliphatic carbocycles. The van der Waals surface area contributed by atoms with Crippen LogP contribution in [0.5, 0.6) is 5.75 Å². The fourth-order valence-electron chi connectivity index (χ4n) is 3.98. The fourth-order valence-corrected chi connectivity index (χ4v) is 3.98. The zero-order chi connectivity index (χ0) is 18.7. The molecule has 2 fully saturated rings. The maximum absolute atomic E-state index is 13.3. The van der Waals surface area contributed by atoms with Gasteiger partial charge in [0.15, 0.2) is 0 Å². The van der Waals surface area contributed by atoms with E-state index in [1.807, 2.05) is 18.7 Å². The lowest BCUT2D eigenvalue weighted by molar-refractivity contribution is -0.137. The quantitative estimate of drug-likeness (QED) is 0.841. The van der Waals surface area contributed by atoms with Crippen LogP contribution >= 0.6 is 0 Å². The van der Waals surface area contributed by atoms with E-state index in [1.54, 1.807) is 31.4 Å². The van der Waals surface area contributed by atoms with E-state index in [9.17, 15) is 9.59 Å².